The van der Waals surface area contributed by atoms with Crippen LogP contribution in [0.2, 0.25) is 0 Å². The minimum atomic E-state index is -0.438. The largest absolute Gasteiger partial charge is 0.481 e. The minimum absolute atomic E-state index is 0.244. The van der Waals surface area contributed by atoms with Gasteiger partial charge in [-0.15, -0.1) is 0 Å². The highest BCUT2D eigenvalue weighted by atomic mass is 16.4. The van der Waals surface area contributed by atoms with Crippen LogP contribution in [0.5, 0.6) is 0 Å². The molecule has 4 aliphatic rings. The van der Waals surface area contributed by atoms with E-state index in [2.05, 4.69) is 0 Å². The topological polar surface area (TPSA) is 37.3 Å². The third-order valence-corrected chi connectivity index (χ3v) is 6.24. The van der Waals surface area contributed by atoms with Gasteiger partial charge in [0.05, 0.1) is 5.41 Å². The summed E-state index contributed by atoms with van der Waals surface area (Å²) in [5, 5.41) is 9.72. The Morgan fingerprint density at radius 1 is 1.00 bits per heavy atom. The summed E-state index contributed by atoms with van der Waals surface area (Å²) in [5.74, 6) is 2.78. The highest BCUT2D eigenvalue weighted by molar-refractivity contribution is 5.78. The summed E-state index contributed by atoms with van der Waals surface area (Å²) in [6, 6.07) is 0. The SMILES string of the molecule is O=C(O)C12C3CCC(C3)C1C1CCC2C1. The van der Waals surface area contributed by atoms with Crippen LogP contribution in [-0.2, 0) is 4.79 Å². The van der Waals surface area contributed by atoms with Gasteiger partial charge in [-0.3, -0.25) is 4.79 Å². The maximum Gasteiger partial charge on any atom is 0.310 e. The van der Waals surface area contributed by atoms with E-state index in [4.69, 9.17) is 0 Å². The first kappa shape index (κ1) is 8.60. The molecule has 4 atom stereocenters. The van der Waals surface area contributed by atoms with Crippen LogP contribution in [0, 0.1) is 35.0 Å². The van der Waals surface area contributed by atoms with Crippen LogP contribution >= 0.6 is 0 Å². The number of carboxylic acid groups (broad SMARTS) is 1. The molecular formula is C13H18O2. The fraction of sp³-hybridized carbons (Fsp3) is 0.923. The van der Waals surface area contributed by atoms with Crippen molar-refractivity contribution in [1.29, 1.82) is 0 Å². The lowest BCUT2D eigenvalue weighted by Crippen LogP contribution is -2.47. The van der Waals surface area contributed by atoms with Gasteiger partial charge in [0, 0.05) is 0 Å². The van der Waals surface area contributed by atoms with Gasteiger partial charge in [-0.25, -0.2) is 0 Å². The van der Waals surface area contributed by atoms with Crippen LogP contribution in [0.1, 0.15) is 38.5 Å². The first-order valence-electron chi connectivity index (χ1n) is 6.48. The fourth-order valence-corrected chi connectivity index (χ4v) is 6.09. The summed E-state index contributed by atoms with van der Waals surface area (Å²) < 4.78 is 0. The molecule has 1 N–H and O–H groups in total. The van der Waals surface area contributed by atoms with E-state index in [1.807, 2.05) is 0 Å². The molecule has 0 saturated heterocycles. The van der Waals surface area contributed by atoms with Crippen molar-refractivity contribution in [2.75, 3.05) is 0 Å². The second kappa shape index (κ2) is 2.41. The third kappa shape index (κ3) is 0.724. The Balaban J connectivity index is 1.88. The van der Waals surface area contributed by atoms with Gasteiger partial charge in [0.15, 0.2) is 0 Å². The molecular weight excluding hydrogens is 188 g/mol. The van der Waals surface area contributed by atoms with Crippen LogP contribution in [0.3, 0.4) is 0 Å². The van der Waals surface area contributed by atoms with E-state index >= 15 is 0 Å². The molecule has 15 heavy (non-hydrogen) atoms. The lowest BCUT2D eigenvalue weighted by molar-refractivity contribution is -0.161. The number of carbonyl (C=O) groups is 1. The van der Waals surface area contributed by atoms with Crippen LogP contribution in [0.4, 0.5) is 0 Å². The van der Waals surface area contributed by atoms with Crippen LogP contribution in [-0.4, -0.2) is 11.1 Å². The smallest absolute Gasteiger partial charge is 0.310 e. The highest BCUT2D eigenvalue weighted by Crippen LogP contribution is 2.74. The van der Waals surface area contributed by atoms with Crippen molar-refractivity contribution in [3.8, 4) is 0 Å². The first-order chi connectivity index (χ1) is 7.24. The predicted octanol–water partition coefficient (Wildman–Crippen LogP) is 2.53. The monoisotopic (exact) mass is 206 g/mol. The number of rotatable bonds is 1. The van der Waals surface area contributed by atoms with Gasteiger partial charge in [-0.2, -0.15) is 0 Å². The van der Waals surface area contributed by atoms with Gasteiger partial charge < -0.3 is 5.11 Å². The van der Waals surface area contributed by atoms with E-state index in [-0.39, 0.29) is 5.41 Å². The van der Waals surface area contributed by atoms with Gasteiger partial charge in [-0.05, 0) is 68.1 Å². The summed E-state index contributed by atoms with van der Waals surface area (Å²) in [4.78, 5) is 11.8. The Hall–Kier alpha value is -0.530. The first-order valence-corrected chi connectivity index (χ1v) is 6.48. The second-order valence-corrected chi connectivity index (χ2v) is 6.30. The Labute approximate surface area is 90.1 Å². The minimum Gasteiger partial charge on any atom is -0.481 e. The standard InChI is InChI=1S/C13H18O2/c14-12(15)13-9-3-1-7(5-9)11(13)8-2-4-10(13)6-8/h7-11H,1-6H2,(H,14,15). The Morgan fingerprint density at radius 3 is 1.93 bits per heavy atom. The molecule has 4 bridgehead atoms. The lowest BCUT2D eigenvalue weighted by Gasteiger charge is -2.43. The van der Waals surface area contributed by atoms with Gasteiger partial charge in [0.2, 0.25) is 0 Å². The van der Waals surface area contributed by atoms with Crippen LogP contribution in [0.25, 0.3) is 0 Å². The number of aliphatic carboxylic acids is 1. The Morgan fingerprint density at radius 2 is 1.53 bits per heavy atom. The zero-order chi connectivity index (χ0) is 10.2. The average molecular weight is 206 g/mol. The van der Waals surface area contributed by atoms with Crippen LogP contribution < -0.4 is 0 Å². The molecule has 0 aromatic carbocycles. The summed E-state index contributed by atoms with van der Waals surface area (Å²) in [5.41, 5.74) is -0.244. The summed E-state index contributed by atoms with van der Waals surface area (Å²) >= 11 is 0. The van der Waals surface area contributed by atoms with Crippen LogP contribution in [0.15, 0.2) is 0 Å². The molecule has 0 radical (unpaired) electrons. The summed E-state index contributed by atoms with van der Waals surface area (Å²) in [7, 11) is 0. The fourth-order valence-electron chi connectivity index (χ4n) is 6.09. The van der Waals surface area contributed by atoms with E-state index in [1.165, 1.54) is 38.5 Å². The number of hydrogen-bond acceptors (Lipinski definition) is 1. The van der Waals surface area contributed by atoms with Gasteiger partial charge in [-0.1, -0.05) is 0 Å². The molecule has 0 heterocycles. The van der Waals surface area contributed by atoms with Crippen molar-refractivity contribution < 1.29 is 9.90 Å². The molecule has 2 heteroatoms. The van der Waals surface area contributed by atoms with E-state index in [1.54, 1.807) is 0 Å². The average Bonchev–Trinajstić information content (AvgIpc) is 2.95. The maximum absolute atomic E-state index is 11.8. The number of fused-ring (bicyclic) bond motifs is 9. The zero-order valence-corrected chi connectivity index (χ0v) is 8.98. The van der Waals surface area contributed by atoms with Crippen molar-refractivity contribution in [2.24, 2.45) is 35.0 Å². The van der Waals surface area contributed by atoms with E-state index in [9.17, 15) is 9.90 Å². The van der Waals surface area contributed by atoms with Crippen molar-refractivity contribution in [3.05, 3.63) is 0 Å². The molecule has 82 valence electrons. The summed E-state index contributed by atoms with van der Waals surface area (Å²) in [6.07, 6.45) is 7.54. The van der Waals surface area contributed by atoms with E-state index in [0.29, 0.717) is 17.8 Å². The maximum atomic E-state index is 11.8. The molecule has 0 aromatic heterocycles. The molecule has 4 fully saturated rings. The molecule has 0 aromatic rings. The normalized spacial score (nSPS) is 59.9. The molecule has 0 aliphatic heterocycles. The van der Waals surface area contributed by atoms with Gasteiger partial charge in [0.1, 0.15) is 0 Å². The Kier molecular flexibility index (Phi) is 1.38. The summed E-state index contributed by atoms with van der Waals surface area (Å²) in [6.45, 7) is 0. The molecule has 0 spiro atoms. The van der Waals surface area contributed by atoms with Crippen molar-refractivity contribution in [3.63, 3.8) is 0 Å². The Bertz CT molecular complexity index is 313. The van der Waals surface area contributed by atoms with Crippen molar-refractivity contribution in [2.45, 2.75) is 38.5 Å². The van der Waals surface area contributed by atoms with Gasteiger partial charge in [0.25, 0.3) is 0 Å². The van der Waals surface area contributed by atoms with E-state index < -0.39 is 5.97 Å². The second-order valence-electron chi connectivity index (χ2n) is 6.30. The number of carboxylic acids is 1. The van der Waals surface area contributed by atoms with E-state index in [0.717, 1.165) is 11.8 Å². The number of hydrogen-bond donors (Lipinski definition) is 1. The van der Waals surface area contributed by atoms with Crippen molar-refractivity contribution >= 4 is 5.97 Å². The van der Waals surface area contributed by atoms with Gasteiger partial charge >= 0.3 is 5.97 Å². The predicted molar refractivity (Wildman–Crippen MR) is 55.2 cm³/mol. The quantitative estimate of drug-likeness (QED) is 0.669. The zero-order valence-electron chi connectivity index (χ0n) is 8.98. The molecule has 4 aliphatic carbocycles. The lowest BCUT2D eigenvalue weighted by atomic mass is 9.59. The highest BCUT2D eigenvalue weighted by Gasteiger charge is 2.72. The third-order valence-electron chi connectivity index (χ3n) is 6.24. The molecule has 0 amide bonds. The molecule has 4 rings (SSSR count). The molecule has 4 unspecified atom stereocenters. The molecule has 2 nitrogen and oxygen atoms in total. The molecule has 4 saturated carbocycles. The van der Waals surface area contributed by atoms with Crippen molar-refractivity contribution in [1.82, 2.24) is 0 Å².